The van der Waals surface area contributed by atoms with Gasteiger partial charge in [0.25, 0.3) is 0 Å². The van der Waals surface area contributed by atoms with E-state index in [4.69, 9.17) is 4.74 Å². The lowest BCUT2D eigenvalue weighted by molar-refractivity contribution is 0.207. The zero-order valence-corrected chi connectivity index (χ0v) is 20.0. The summed E-state index contributed by atoms with van der Waals surface area (Å²) in [6, 6.07) is 8.33. The summed E-state index contributed by atoms with van der Waals surface area (Å²) in [4.78, 5) is 11.0. The first-order valence-corrected chi connectivity index (χ1v) is 13.1. The molecule has 0 aliphatic carbocycles. The number of halogens is 2. The van der Waals surface area contributed by atoms with Crippen LogP contribution < -0.4 is 9.64 Å². The molecule has 0 spiro atoms. The fraction of sp³-hybridized carbons (Fsp3) is 0.360. The highest BCUT2D eigenvalue weighted by atomic mass is 32.2. The molecule has 1 aromatic heterocycles. The number of piperidine rings is 1. The molecule has 0 saturated carbocycles. The molecule has 1 saturated heterocycles. The van der Waals surface area contributed by atoms with Crippen molar-refractivity contribution < 1.29 is 21.9 Å². The minimum Gasteiger partial charge on any atom is -0.487 e. The Kier molecular flexibility index (Phi) is 7.11. The largest absolute Gasteiger partial charge is 0.487 e. The van der Waals surface area contributed by atoms with Crippen LogP contribution >= 0.6 is 0 Å². The number of anilines is 1. The Bertz CT molecular complexity index is 1240. The normalized spacial score (nSPS) is 14.9. The molecule has 34 heavy (non-hydrogen) atoms. The lowest BCUT2D eigenvalue weighted by atomic mass is 9.98. The first-order valence-electron chi connectivity index (χ1n) is 11.2. The topological polar surface area (TPSA) is 72.4 Å². The Morgan fingerprint density at radius 3 is 2.26 bits per heavy atom. The van der Waals surface area contributed by atoms with Crippen LogP contribution in [0.5, 0.6) is 5.75 Å². The predicted octanol–water partition coefficient (Wildman–Crippen LogP) is 4.68. The van der Waals surface area contributed by atoms with E-state index in [9.17, 15) is 17.2 Å². The van der Waals surface area contributed by atoms with Crippen LogP contribution in [-0.4, -0.2) is 44.3 Å². The van der Waals surface area contributed by atoms with Gasteiger partial charge in [-0.2, -0.15) is 0 Å². The van der Waals surface area contributed by atoms with Gasteiger partial charge in [0, 0.05) is 31.7 Å². The molecule has 1 aliphatic heterocycles. The Morgan fingerprint density at radius 2 is 1.68 bits per heavy atom. The number of hydrogen-bond acceptors (Lipinski definition) is 6. The minimum absolute atomic E-state index is 0.0872. The highest BCUT2D eigenvalue weighted by Gasteiger charge is 2.23. The lowest BCUT2D eigenvalue weighted by Crippen LogP contribution is -2.36. The maximum absolute atomic E-state index is 14.7. The summed E-state index contributed by atoms with van der Waals surface area (Å²) in [5.74, 6) is -1.19. The molecule has 0 bridgehead atoms. The van der Waals surface area contributed by atoms with Crippen LogP contribution in [0.15, 0.2) is 53.7 Å². The van der Waals surface area contributed by atoms with Crippen LogP contribution in [0.25, 0.3) is 11.1 Å². The molecular formula is C25H27F2N3O3S. The van der Waals surface area contributed by atoms with Crippen LogP contribution in [-0.2, 0) is 16.3 Å². The monoisotopic (exact) mass is 487 g/mol. The van der Waals surface area contributed by atoms with Crippen molar-refractivity contribution in [1.82, 2.24) is 9.97 Å². The average molecular weight is 488 g/mol. The molecule has 2 aromatic carbocycles. The molecule has 6 nitrogen and oxygen atoms in total. The third-order valence-corrected chi connectivity index (χ3v) is 7.16. The number of nitrogens with zero attached hydrogens (tertiary/aromatic N) is 3. The molecule has 0 N–H and O–H groups in total. The fourth-order valence-corrected chi connectivity index (χ4v) is 4.63. The van der Waals surface area contributed by atoms with Crippen LogP contribution in [0.4, 0.5) is 14.7 Å². The van der Waals surface area contributed by atoms with E-state index >= 15 is 0 Å². The minimum atomic E-state index is -3.43. The molecule has 0 unspecified atom stereocenters. The third-order valence-electron chi connectivity index (χ3n) is 6.05. The van der Waals surface area contributed by atoms with Gasteiger partial charge < -0.3 is 9.64 Å². The van der Waals surface area contributed by atoms with E-state index < -0.39 is 27.2 Å². The summed E-state index contributed by atoms with van der Waals surface area (Å²) in [6.07, 6.45) is 7.26. The fourth-order valence-electron chi connectivity index (χ4n) is 3.97. The molecule has 1 aliphatic rings. The van der Waals surface area contributed by atoms with Crippen LogP contribution in [0.3, 0.4) is 0 Å². The Hall–Kier alpha value is -3.07. The van der Waals surface area contributed by atoms with Crippen molar-refractivity contribution in [2.45, 2.75) is 31.1 Å². The van der Waals surface area contributed by atoms with Crippen molar-refractivity contribution in [2.24, 2.45) is 5.92 Å². The Balaban J connectivity index is 1.38. The van der Waals surface area contributed by atoms with Crippen molar-refractivity contribution in [3.8, 4) is 16.9 Å². The molecule has 0 radical (unpaired) electrons. The van der Waals surface area contributed by atoms with Gasteiger partial charge in [0.15, 0.2) is 27.2 Å². The SMILES string of the molecule is CCc1cnc(N2CCC(COc3c(F)cc(-c4cccc(S(C)(=O)=O)c4)cc3F)CC2)nc1. The van der Waals surface area contributed by atoms with Gasteiger partial charge in [0.1, 0.15) is 0 Å². The van der Waals surface area contributed by atoms with E-state index in [1.807, 2.05) is 12.4 Å². The molecule has 2 heterocycles. The van der Waals surface area contributed by atoms with Crippen molar-refractivity contribution in [3.63, 3.8) is 0 Å². The number of benzene rings is 2. The van der Waals surface area contributed by atoms with E-state index in [1.165, 1.54) is 24.3 Å². The smallest absolute Gasteiger partial charge is 0.225 e. The van der Waals surface area contributed by atoms with Crippen molar-refractivity contribution in [2.75, 3.05) is 30.9 Å². The van der Waals surface area contributed by atoms with Gasteiger partial charge in [-0.05, 0) is 66.1 Å². The molecule has 4 rings (SSSR count). The van der Waals surface area contributed by atoms with E-state index in [-0.39, 0.29) is 23.0 Å². The second-order valence-electron chi connectivity index (χ2n) is 8.56. The number of sulfone groups is 1. The number of ether oxygens (including phenoxy) is 1. The summed E-state index contributed by atoms with van der Waals surface area (Å²) < 4.78 is 58.6. The standard InChI is InChI=1S/C25H27F2N3O3S/c1-3-17-14-28-25(29-15-17)30-9-7-18(8-10-30)16-33-24-22(26)12-20(13-23(24)27)19-5-4-6-21(11-19)34(2,31)32/h4-6,11-15,18H,3,7-10,16H2,1-2H3. The lowest BCUT2D eigenvalue weighted by Gasteiger charge is -2.31. The Morgan fingerprint density at radius 1 is 1.03 bits per heavy atom. The molecule has 180 valence electrons. The molecule has 3 aromatic rings. The maximum atomic E-state index is 14.7. The van der Waals surface area contributed by atoms with Crippen LogP contribution in [0.2, 0.25) is 0 Å². The Labute approximate surface area is 198 Å². The molecule has 9 heteroatoms. The first-order chi connectivity index (χ1) is 16.2. The number of hydrogen-bond donors (Lipinski definition) is 0. The van der Waals surface area contributed by atoms with Gasteiger partial charge >= 0.3 is 0 Å². The average Bonchev–Trinajstić information content (AvgIpc) is 2.83. The number of rotatable bonds is 7. The van der Waals surface area contributed by atoms with Crippen molar-refractivity contribution in [1.29, 1.82) is 0 Å². The summed E-state index contributed by atoms with van der Waals surface area (Å²) in [5.41, 5.74) is 1.74. The van der Waals surface area contributed by atoms with Gasteiger partial charge in [-0.1, -0.05) is 19.1 Å². The first kappa shape index (κ1) is 24.1. The van der Waals surface area contributed by atoms with E-state index in [2.05, 4.69) is 21.8 Å². The zero-order valence-electron chi connectivity index (χ0n) is 19.2. The van der Waals surface area contributed by atoms with Crippen LogP contribution in [0, 0.1) is 17.6 Å². The molecule has 1 fully saturated rings. The van der Waals surface area contributed by atoms with Gasteiger partial charge in [-0.15, -0.1) is 0 Å². The second-order valence-corrected chi connectivity index (χ2v) is 10.6. The number of aromatic nitrogens is 2. The quantitative estimate of drug-likeness (QED) is 0.482. The zero-order chi connectivity index (χ0) is 24.3. The predicted molar refractivity (Wildman–Crippen MR) is 127 cm³/mol. The number of aryl methyl sites for hydroxylation is 1. The third kappa shape index (κ3) is 5.52. The van der Waals surface area contributed by atoms with Gasteiger partial charge in [-0.3, -0.25) is 0 Å². The van der Waals surface area contributed by atoms with E-state index in [0.717, 1.165) is 44.2 Å². The maximum Gasteiger partial charge on any atom is 0.225 e. The molecule has 0 atom stereocenters. The summed E-state index contributed by atoms with van der Waals surface area (Å²) in [7, 11) is -3.43. The highest BCUT2D eigenvalue weighted by Crippen LogP contribution is 2.31. The van der Waals surface area contributed by atoms with Gasteiger partial charge in [-0.25, -0.2) is 27.2 Å². The van der Waals surface area contributed by atoms with Gasteiger partial charge in [0.2, 0.25) is 5.95 Å². The molecular weight excluding hydrogens is 460 g/mol. The second kappa shape index (κ2) is 10.0. The summed E-state index contributed by atoms with van der Waals surface area (Å²) in [6.45, 7) is 3.76. The summed E-state index contributed by atoms with van der Waals surface area (Å²) >= 11 is 0. The highest BCUT2D eigenvalue weighted by molar-refractivity contribution is 7.90. The van der Waals surface area contributed by atoms with E-state index in [0.29, 0.717) is 11.5 Å². The van der Waals surface area contributed by atoms with Gasteiger partial charge in [0.05, 0.1) is 11.5 Å². The van der Waals surface area contributed by atoms with E-state index in [1.54, 1.807) is 12.1 Å². The van der Waals surface area contributed by atoms with Crippen LogP contribution in [0.1, 0.15) is 25.3 Å². The molecule has 0 amide bonds. The van der Waals surface area contributed by atoms with Crippen molar-refractivity contribution >= 4 is 15.8 Å². The van der Waals surface area contributed by atoms with Crippen molar-refractivity contribution in [3.05, 3.63) is 66.0 Å². The summed E-state index contributed by atoms with van der Waals surface area (Å²) in [5, 5.41) is 0.